The molecule has 11 heterocycles. The van der Waals surface area contributed by atoms with Gasteiger partial charge in [0.25, 0.3) is 11.8 Å². The molecular weight excluding hydrogens is 1430 g/mol. The fraction of sp³-hybridized carbons (Fsp3) is 0.355. The number of thiazole rings is 5. The van der Waals surface area contributed by atoms with E-state index in [0.29, 0.717) is 50.6 Å². The van der Waals surface area contributed by atoms with E-state index in [4.69, 9.17) is 38.7 Å². The minimum Gasteiger partial charge on any atom is -0.475 e. The van der Waals surface area contributed by atoms with E-state index in [1.54, 1.807) is 94.9 Å². The SMILES string of the molecule is Brc1cc(-c2nccs2)cnc1OC1CC1.CC1(C)OB(c2cc(-c3nccs3)cnc2OC2CC2)OC1(C)C.Cc1nccs1.Nc1cc(-c2nccs2)cnc1OC1CC1.O=[N+]([O-])c1cc(-c2nccs2)cnc1OC1CC1.O=[N+]([O-])c1cc(Br)cnc1OC1CC1. The lowest BCUT2D eigenvalue weighted by molar-refractivity contribution is -0.386. The van der Waals surface area contributed by atoms with Crippen LogP contribution in [0.25, 0.3) is 42.3 Å². The van der Waals surface area contributed by atoms with Crippen LogP contribution in [0, 0.1) is 27.2 Å². The molecule has 0 atom stereocenters. The summed E-state index contributed by atoms with van der Waals surface area (Å²) in [5.41, 5.74) is 9.88. The number of nitro groups is 2. The van der Waals surface area contributed by atoms with Gasteiger partial charge in [0.05, 0.1) is 36.2 Å². The van der Waals surface area contributed by atoms with Gasteiger partial charge in [-0.05, 0) is 149 Å². The molecule has 488 valence electrons. The first-order valence-electron chi connectivity index (χ1n) is 29.8. The summed E-state index contributed by atoms with van der Waals surface area (Å²) < 4.78 is 41.8. The van der Waals surface area contributed by atoms with Gasteiger partial charge in [-0.1, -0.05) is 0 Å². The molecule has 0 aromatic carbocycles. The molecule has 1 saturated heterocycles. The third kappa shape index (κ3) is 19.3. The molecule has 32 heteroatoms. The maximum Gasteiger partial charge on any atom is 0.500 e. The normalized spacial score (nSPS) is 16.3. The monoisotopic (exact) mass is 1490 g/mol. The number of rotatable bonds is 17. The topological polar surface area (TPSA) is 306 Å². The van der Waals surface area contributed by atoms with Crippen LogP contribution >= 0.6 is 88.5 Å². The fourth-order valence-corrected chi connectivity index (χ4v) is 11.7. The fourth-order valence-electron chi connectivity index (χ4n) is 8.03. The van der Waals surface area contributed by atoms with Gasteiger partial charge < -0.3 is 38.7 Å². The van der Waals surface area contributed by atoms with Crippen LogP contribution in [0.2, 0.25) is 0 Å². The number of nitrogens with two attached hydrogens (primary N) is 1. The lowest BCUT2D eigenvalue weighted by atomic mass is 9.79. The predicted octanol–water partition coefficient (Wildman–Crippen LogP) is 15.3. The summed E-state index contributed by atoms with van der Waals surface area (Å²) in [6.07, 6.45) is 28.8. The Morgan fingerprint density at radius 2 is 0.819 bits per heavy atom. The Bertz CT molecular complexity index is 4020. The Balaban J connectivity index is 0.000000118. The molecule has 94 heavy (non-hydrogen) atoms. The highest BCUT2D eigenvalue weighted by Crippen LogP contribution is 2.40. The van der Waals surface area contributed by atoms with Crippen LogP contribution in [0.15, 0.2) is 128 Å². The highest BCUT2D eigenvalue weighted by atomic mass is 79.9. The standard InChI is InChI=1S/C17H21BN2O3S.C11H9BrN2OS.C11H9N3O3S.C11H11N3OS.C8H7BrN2O3.C4H5NS/c1-16(2)17(3,4)23-18(22-16)13-9-11(15-19-7-8-24-15)10-20-14(13)21-12-5-6-12;12-9-5-7(11-13-3-4-16-11)6-14-10(9)15-8-1-2-8;15-14(16)9-5-7(11-12-3-4-18-11)6-13-10(9)17-8-1-2-8;12-9-5-7(11-13-3-4-16-11)6-14-10(9)15-8-1-2-8;9-5-3-7(11(12)13)8(10-4-5)14-6-1-2-6;1-4-5-2-3-6-4/h7-10,12H,5-6H2,1-4H3;3-6,8H,1-2H2;3-6,8H,1-2H2;3-6,8H,1-2,12H2;3-4,6H,1-2H2;2-3H,1H3. The molecule has 6 aliphatic rings. The molecule has 24 nitrogen and oxygen atoms in total. The van der Waals surface area contributed by atoms with Crippen LogP contribution in [0.5, 0.6) is 29.4 Å². The third-order valence-electron chi connectivity index (χ3n) is 14.4. The molecule has 0 amide bonds. The van der Waals surface area contributed by atoms with Gasteiger partial charge in [-0.2, -0.15) is 0 Å². The number of nitrogen functional groups attached to an aromatic ring is 1. The zero-order chi connectivity index (χ0) is 65.9. The van der Waals surface area contributed by atoms with E-state index in [0.717, 1.165) is 111 Å². The molecule has 5 saturated carbocycles. The Morgan fingerprint density at radius 1 is 0.468 bits per heavy atom. The summed E-state index contributed by atoms with van der Waals surface area (Å²) in [6, 6.07) is 8.76. The molecule has 0 spiro atoms. The lowest BCUT2D eigenvalue weighted by Crippen LogP contribution is -2.41. The van der Waals surface area contributed by atoms with E-state index in [9.17, 15) is 20.2 Å². The van der Waals surface area contributed by atoms with Gasteiger partial charge in [0, 0.05) is 133 Å². The maximum atomic E-state index is 11.0. The summed E-state index contributed by atoms with van der Waals surface area (Å²) in [5.74, 6) is 2.05. The van der Waals surface area contributed by atoms with Crippen LogP contribution in [0.4, 0.5) is 17.1 Å². The number of hydrogen-bond donors (Lipinski definition) is 1. The van der Waals surface area contributed by atoms with Gasteiger partial charge in [0.2, 0.25) is 17.6 Å². The maximum absolute atomic E-state index is 11.0. The minimum atomic E-state index is -0.491. The van der Waals surface area contributed by atoms with Crippen molar-refractivity contribution in [2.75, 3.05) is 5.73 Å². The molecule has 16 rings (SSSR count). The van der Waals surface area contributed by atoms with E-state index < -0.39 is 28.2 Å². The van der Waals surface area contributed by atoms with Gasteiger partial charge in [-0.3, -0.25) is 25.2 Å². The molecule has 5 aliphatic carbocycles. The van der Waals surface area contributed by atoms with Crippen molar-refractivity contribution >= 4 is 118 Å². The first kappa shape index (κ1) is 67.9. The van der Waals surface area contributed by atoms with E-state index in [-0.39, 0.29) is 41.4 Å². The van der Waals surface area contributed by atoms with Crippen LogP contribution in [0.3, 0.4) is 0 Å². The van der Waals surface area contributed by atoms with Crippen molar-refractivity contribution in [3.05, 3.63) is 153 Å². The summed E-state index contributed by atoms with van der Waals surface area (Å²) in [6.45, 7) is 10.2. The van der Waals surface area contributed by atoms with Crippen molar-refractivity contribution in [2.24, 2.45) is 0 Å². The Hall–Kier alpha value is -7.56. The average Bonchev–Trinajstić information content (AvgIpc) is 1.60. The second kappa shape index (κ2) is 30.9. The molecule has 1 aliphatic heterocycles. The summed E-state index contributed by atoms with van der Waals surface area (Å²) in [7, 11) is -0.490. The summed E-state index contributed by atoms with van der Waals surface area (Å²) in [4.78, 5) is 62.6. The number of halogens is 2. The van der Waals surface area contributed by atoms with Crippen LogP contribution < -0.4 is 34.9 Å². The van der Waals surface area contributed by atoms with Crippen LogP contribution in [0.1, 0.15) is 96.9 Å². The van der Waals surface area contributed by atoms with E-state index in [1.807, 2.05) is 85.9 Å². The highest BCUT2D eigenvalue weighted by Gasteiger charge is 2.53. The van der Waals surface area contributed by atoms with Crippen LogP contribution in [-0.2, 0) is 9.31 Å². The number of hydrogen-bond acceptors (Lipinski definition) is 27. The second-order valence-corrected chi connectivity index (χ2v) is 29.3. The highest BCUT2D eigenvalue weighted by molar-refractivity contribution is 9.10. The van der Waals surface area contributed by atoms with Crippen molar-refractivity contribution in [1.29, 1.82) is 0 Å². The smallest absolute Gasteiger partial charge is 0.475 e. The number of aryl methyl sites for hydroxylation is 1. The van der Waals surface area contributed by atoms with Gasteiger partial charge in [0.1, 0.15) is 50.6 Å². The molecule has 0 radical (unpaired) electrons. The van der Waals surface area contributed by atoms with Gasteiger partial charge in [-0.25, -0.2) is 44.9 Å². The minimum absolute atomic E-state index is 0.0851. The molecule has 2 N–H and O–H groups in total. The first-order chi connectivity index (χ1) is 45.3. The number of aromatic nitrogens is 10. The van der Waals surface area contributed by atoms with Crippen molar-refractivity contribution < 1.29 is 42.8 Å². The quantitative estimate of drug-likeness (QED) is 0.0503. The largest absolute Gasteiger partial charge is 0.500 e. The zero-order valence-electron chi connectivity index (χ0n) is 51.3. The summed E-state index contributed by atoms with van der Waals surface area (Å²) in [5, 5.41) is 36.0. The van der Waals surface area contributed by atoms with Gasteiger partial charge >= 0.3 is 18.5 Å². The molecule has 10 aromatic rings. The third-order valence-corrected chi connectivity index (χ3v) is 19.4. The van der Waals surface area contributed by atoms with Gasteiger partial charge in [-0.15, -0.1) is 56.7 Å². The number of ether oxygens (including phenoxy) is 5. The van der Waals surface area contributed by atoms with Crippen molar-refractivity contribution in [1.82, 2.24) is 49.8 Å². The predicted molar refractivity (Wildman–Crippen MR) is 370 cm³/mol. The summed E-state index contributed by atoms with van der Waals surface area (Å²) >= 11 is 14.4. The number of nitrogens with zero attached hydrogens (tertiary/aromatic N) is 12. The average molecular weight is 1500 g/mol. The van der Waals surface area contributed by atoms with Crippen molar-refractivity contribution in [3.63, 3.8) is 0 Å². The number of anilines is 1. The Kier molecular flexibility index (Phi) is 22.3. The van der Waals surface area contributed by atoms with E-state index in [1.165, 1.54) is 29.7 Å². The number of pyridine rings is 5. The van der Waals surface area contributed by atoms with Crippen LogP contribution in [-0.4, -0.2) is 109 Å². The molecule has 0 bridgehead atoms. The van der Waals surface area contributed by atoms with Gasteiger partial charge in [0.15, 0.2) is 0 Å². The van der Waals surface area contributed by atoms with E-state index >= 15 is 0 Å². The first-order valence-corrected chi connectivity index (χ1v) is 35.8. The second-order valence-electron chi connectivity index (χ2n) is 22.9. The van der Waals surface area contributed by atoms with E-state index in [2.05, 4.69) is 81.7 Å². The molecule has 0 unspecified atom stereocenters. The molecule has 6 fully saturated rings. The van der Waals surface area contributed by atoms with Crippen molar-refractivity contribution in [2.45, 2.75) is 141 Å². The zero-order valence-corrected chi connectivity index (χ0v) is 58.6. The Labute approximate surface area is 577 Å². The molecule has 10 aromatic heterocycles. The lowest BCUT2D eigenvalue weighted by Gasteiger charge is -2.32. The Morgan fingerprint density at radius 3 is 1.20 bits per heavy atom. The van der Waals surface area contributed by atoms with Crippen molar-refractivity contribution in [3.8, 4) is 71.7 Å². The molecular formula is C62H62BBr2N13O11S5.